The van der Waals surface area contributed by atoms with E-state index >= 15 is 0 Å². The van der Waals surface area contributed by atoms with E-state index in [1.807, 2.05) is 24.3 Å². The van der Waals surface area contributed by atoms with Crippen molar-refractivity contribution in [3.05, 3.63) is 57.7 Å². The largest absolute Gasteiger partial charge is 0.326 e. The second kappa shape index (κ2) is 6.48. The lowest BCUT2D eigenvalue weighted by molar-refractivity contribution is -0.117. The van der Waals surface area contributed by atoms with Crippen molar-refractivity contribution in [3.8, 4) is 0 Å². The molecule has 2 aromatic rings. The highest BCUT2D eigenvalue weighted by atomic mass is 127. The Balaban J connectivity index is 1.65. The van der Waals surface area contributed by atoms with Crippen molar-refractivity contribution in [1.82, 2.24) is 0 Å². The fourth-order valence-corrected chi connectivity index (χ4v) is 2.57. The first-order chi connectivity index (χ1) is 10.6. The minimum absolute atomic E-state index is 0.0658. The standard InChI is InChI=1S/C17H15IN2O2/c18-14-3-1-2-4-15(14)20-17(22)12-7-9-13(10-8-12)19-16(21)11-5-6-11/h1-4,7-11H,5-6H2,(H,19,21)(H,20,22). The first kappa shape index (κ1) is 15.0. The molecule has 0 saturated heterocycles. The molecule has 1 fully saturated rings. The summed E-state index contributed by atoms with van der Waals surface area (Å²) in [5.74, 6) is 0.0726. The van der Waals surface area contributed by atoms with E-state index in [1.165, 1.54) is 0 Å². The van der Waals surface area contributed by atoms with Gasteiger partial charge in [-0.05, 0) is 71.8 Å². The van der Waals surface area contributed by atoms with E-state index < -0.39 is 0 Å². The molecule has 0 aliphatic heterocycles. The van der Waals surface area contributed by atoms with Gasteiger partial charge in [0.2, 0.25) is 5.91 Å². The number of carbonyl (C=O) groups is 2. The van der Waals surface area contributed by atoms with E-state index in [9.17, 15) is 9.59 Å². The molecule has 2 amide bonds. The van der Waals surface area contributed by atoms with Crippen molar-refractivity contribution >= 4 is 45.8 Å². The second-order valence-corrected chi connectivity index (χ2v) is 6.44. The summed E-state index contributed by atoms with van der Waals surface area (Å²) in [5.41, 5.74) is 2.08. The van der Waals surface area contributed by atoms with Gasteiger partial charge in [-0.15, -0.1) is 0 Å². The molecule has 2 N–H and O–H groups in total. The third-order valence-electron chi connectivity index (χ3n) is 3.48. The average Bonchev–Trinajstić information content (AvgIpc) is 3.35. The van der Waals surface area contributed by atoms with E-state index in [4.69, 9.17) is 0 Å². The van der Waals surface area contributed by atoms with Crippen LogP contribution in [0.4, 0.5) is 11.4 Å². The number of halogens is 1. The van der Waals surface area contributed by atoms with Crippen LogP contribution < -0.4 is 10.6 Å². The van der Waals surface area contributed by atoms with Crippen molar-refractivity contribution in [1.29, 1.82) is 0 Å². The van der Waals surface area contributed by atoms with Crippen LogP contribution in [-0.2, 0) is 4.79 Å². The van der Waals surface area contributed by atoms with E-state index in [-0.39, 0.29) is 17.7 Å². The monoisotopic (exact) mass is 406 g/mol. The quantitative estimate of drug-likeness (QED) is 0.757. The van der Waals surface area contributed by atoms with E-state index in [0.29, 0.717) is 5.56 Å². The summed E-state index contributed by atoms with van der Waals surface area (Å²) in [6.07, 6.45) is 1.95. The summed E-state index contributed by atoms with van der Waals surface area (Å²) in [6, 6.07) is 14.6. The van der Waals surface area contributed by atoms with Crippen LogP contribution in [0.5, 0.6) is 0 Å². The predicted octanol–water partition coefficient (Wildman–Crippen LogP) is 3.89. The van der Waals surface area contributed by atoms with Gasteiger partial charge in [0.25, 0.3) is 5.91 Å². The van der Waals surface area contributed by atoms with Crippen LogP contribution >= 0.6 is 22.6 Å². The Labute approximate surface area is 142 Å². The molecule has 5 heteroatoms. The van der Waals surface area contributed by atoms with Gasteiger partial charge in [-0.1, -0.05) is 12.1 Å². The van der Waals surface area contributed by atoms with Crippen LogP contribution in [-0.4, -0.2) is 11.8 Å². The Bertz CT molecular complexity index is 709. The Kier molecular flexibility index (Phi) is 4.42. The Morgan fingerprint density at radius 1 is 0.955 bits per heavy atom. The van der Waals surface area contributed by atoms with Gasteiger partial charge in [-0.3, -0.25) is 9.59 Å². The highest BCUT2D eigenvalue weighted by Gasteiger charge is 2.29. The van der Waals surface area contributed by atoms with Gasteiger partial charge in [0, 0.05) is 20.7 Å². The average molecular weight is 406 g/mol. The zero-order valence-corrected chi connectivity index (χ0v) is 14.0. The number of anilines is 2. The summed E-state index contributed by atoms with van der Waals surface area (Å²) < 4.78 is 0.988. The summed E-state index contributed by atoms with van der Waals surface area (Å²) in [5, 5.41) is 5.74. The normalized spacial score (nSPS) is 13.5. The fraction of sp³-hybridized carbons (Fsp3) is 0.176. The van der Waals surface area contributed by atoms with Crippen LogP contribution in [0.25, 0.3) is 0 Å². The predicted molar refractivity (Wildman–Crippen MR) is 94.9 cm³/mol. The number of hydrogen-bond acceptors (Lipinski definition) is 2. The zero-order chi connectivity index (χ0) is 15.5. The maximum atomic E-state index is 12.2. The topological polar surface area (TPSA) is 58.2 Å². The molecule has 0 aromatic heterocycles. The molecule has 3 rings (SSSR count). The van der Waals surface area contributed by atoms with Crippen LogP contribution in [0, 0.1) is 9.49 Å². The van der Waals surface area contributed by atoms with Crippen molar-refractivity contribution in [2.24, 2.45) is 5.92 Å². The Hall–Kier alpha value is -1.89. The third-order valence-corrected chi connectivity index (χ3v) is 4.43. The number of para-hydroxylation sites is 1. The minimum atomic E-state index is -0.163. The molecule has 0 radical (unpaired) electrons. The van der Waals surface area contributed by atoms with Gasteiger partial charge in [0.1, 0.15) is 0 Å². The molecule has 1 aliphatic rings. The number of rotatable bonds is 4. The van der Waals surface area contributed by atoms with Gasteiger partial charge < -0.3 is 10.6 Å². The number of carbonyl (C=O) groups excluding carboxylic acids is 2. The van der Waals surface area contributed by atoms with E-state index in [1.54, 1.807) is 24.3 Å². The molecular weight excluding hydrogens is 391 g/mol. The molecule has 0 atom stereocenters. The van der Waals surface area contributed by atoms with Crippen LogP contribution in [0.3, 0.4) is 0 Å². The highest BCUT2D eigenvalue weighted by molar-refractivity contribution is 14.1. The molecule has 112 valence electrons. The molecule has 0 spiro atoms. The van der Waals surface area contributed by atoms with Crippen molar-refractivity contribution in [2.45, 2.75) is 12.8 Å². The fourth-order valence-electron chi connectivity index (χ4n) is 2.05. The van der Waals surface area contributed by atoms with Crippen LogP contribution in [0.15, 0.2) is 48.5 Å². The summed E-state index contributed by atoms with van der Waals surface area (Å²) in [7, 11) is 0. The third kappa shape index (κ3) is 3.65. The molecule has 0 heterocycles. The smallest absolute Gasteiger partial charge is 0.255 e. The molecule has 0 unspecified atom stereocenters. The lowest BCUT2D eigenvalue weighted by Crippen LogP contribution is -2.14. The van der Waals surface area contributed by atoms with Gasteiger partial charge in [0.05, 0.1) is 5.69 Å². The van der Waals surface area contributed by atoms with Gasteiger partial charge in [-0.25, -0.2) is 0 Å². The minimum Gasteiger partial charge on any atom is -0.326 e. The molecule has 4 nitrogen and oxygen atoms in total. The first-order valence-electron chi connectivity index (χ1n) is 7.10. The number of hydrogen-bond donors (Lipinski definition) is 2. The number of nitrogens with one attached hydrogen (secondary N) is 2. The molecule has 1 saturated carbocycles. The SMILES string of the molecule is O=C(Nc1ccccc1I)c1ccc(NC(=O)C2CC2)cc1. The van der Waals surface area contributed by atoms with Crippen molar-refractivity contribution in [3.63, 3.8) is 0 Å². The van der Waals surface area contributed by atoms with Crippen LogP contribution in [0.1, 0.15) is 23.2 Å². The molecule has 2 aromatic carbocycles. The summed E-state index contributed by atoms with van der Waals surface area (Å²) >= 11 is 2.18. The zero-order valence-electron chi connectivity index (χ0n) is 11.8. The Morgan fingerprint density at radius 2 is 1.64 bits per heavy atom. The lowest BCUT2D eigenvalue weighted by atomic mass is 10.2. The van der Waals surface area contributed by atoms with Gasteiger partial charge >= 0.3 is 0 Å². The molecular formula is C17H15IN2O2. The molecule has 1 aliphatic carbocycles. The molecule has 22 heavy (non-hydrogen) atoms. The van der Waals surface area contributed by atoms with Gasteiger partial charge in [-0.2, -0.15) is 0 Å². The number of amides is 2. The maximum absolute atomic E-state index is 12.2. The highest BCUT2D eigenvalue weighted by Crippen LogP contribution is 2.30. The van der Waals surface area contributed by atoms with E-state index in [2.05, 4.69) is 33.2 Å². The lowest BCUT2D eigenvalue weighted by Gasteiger charge is -2.08. The maximum Gasteiger partial charge on any atom is 0.255 e. The van der Waals surface area contributed by atoms with Gasteiger partial charge in [0.15, 0.2) is 0 Å². The second-order valence-electron chi connectivity index (χ2n) is 5.27. The number of benzene rings is 2. The molecule has 0 bridgehead atoms. The van der Waals surface area contributed by atoms with E-state index in [0.717, 1.165) is 27.8 Å². The summed E-state index contributed by atoms with van der Waals surface area (Å²) in [6.45, 7) is 0. The Morgan fingerprint density at radius 3 is 2.27 bits per heavy atom. The van der Waals surface area contributed by atoms with Crippen molar-refractivity contribution < 1.29 is 9.59 Å². The first-order valence-corrected chi connectivity index (χ1v) is 8.18. The van der Waals surface area contributed by atoms with Crippen LogP contribution in [0.2, 0.25) is 0 Å². The summed E-state index contributed by atoms with van der Waals surface area (Å²) in [4.78, 5) is 23.9. The van der Waals surface area contributed by atoms with Crippen molar-refractivity contribution in [2.75, 3.05) is 10.6 Å².